The topological polar surface area (TPSA) is 29.3 Å². The summed E-state index contributed by atoms with van der Waals surface area (Å²) in [4.78, 5) is 2.59. The number of nitrogens with zero attached hydrogens (tertiary/aromatic N) is 1. The monoisotopic (exact) mass is 246 g/mol. The molecule has 2 N–H and O–H groups in total. The highest BCUT2D eigenvalue weighted by Crippen LogP contribution is 2.23. The number of hydrogen-bond acceptors (Lipinski definition) is 2. The van der Waals surface area contributed by atoms with E-state index in [2.05, 4.69) is 36.1 Å². The minimum Gasteiger partial charge on any atom is -0.330 e. The molecular formula is C16H26N2. The molecule has 0 radical (unpaired) electrons. The lowest BCUT2D eigenvalue weighted by molar-refractivity contribution is 0.308. The molecule has 1 atom stereocenters. The van der Waals surface area contributed by atoms with Gasteiger partial charge in [-0.25, -0.2) is 0 Å². The van der Waals surface area contributed by atoms with Crippen LogP contribution in [-0.4, -0.2) is 31.1 Å². The summed E-state index contributed by atoms with van der Waals surface area (Å²) in [6, 6.07) is 9.14. The van der Waals surface area contributed by atoms with Crippen molar-refractivity contribution in [2.45, 2.75) is 38.5 Å². The lowest BCUT2D eigenvalue weighted by Crippen LogP contribution is -2.26. The third-order valence-electron chi connectivity index (χ3n) is 4.05. The zero-order valence-corrected chi connectivity index (χ0v) is 11.6. The van der Waals surface area contributed by atoms with Crippen molar-refractivity contribution in [2.75, 3.05) is 26.2 Å². The van der Waals surface area contributed by atoms with Gasteiger partial charge < -0.3 is 10.6 Å². The third-order valence-corrected chi connectivity index (χ3v) is 4.05. The van der Waals surface area contributed by atoms with Crippen molar-refractivity contribution in [3.63, 3.8) is 0 Å². The van der Waals surface area contributed by atoms with Crippen LogP contribution in [0.25, 0.3) is 0 Å². The van der Waals surface area contributed by atoms with Crippen molar-refractivity contribution in [2.24, 2.45) is 5.73 Å². The molecule has 1 heterocycles. The van der Waals surface area contributed by atoms with Gasteiger partial charge in [-0.05, 0) is 62.4 Å². The molecule has 1 saturated heterocycles. The fraction of sp³-hybridized carbons (Fsp3) is 0.625. The highest BCUT2D eigenvalue weighted by molar-refractivity contribution is 5.25. The van der Waals surface area contributed by atoms with E-state index in [9.17, 15) is 0 Å². The molecule has 1 aliphatic heterocycles. The molecule has 1 aliphatic rings. The molecule has 2 rings (SSSR count). The van der Waals surface area contributed by atoms with Crippen LogP contribution in [0.4, 0.5) is 0 Å². The van der Waals surface area contributed by atoms with Gasteiger partial charge in [-0.3, -0.25) is 0 Å². The maximum absolute atomic E-state index is 5.78. The number of benzene rings is 1. The van der Waals surface area contributed by atoms with E-state index in [1.165, 1.54) is 43.6 Å². The quantitative estimate of drug-likeness (QED) is 0.836. The fourth-order valence-corrected chi connectivity index (χ4v) is 2.87. The summed E-state index contributed by atoms with van der Waals surface area (Å²) in [5.74, 6) is 0.610. The molecule has 2 nitrogen and oxygen atoms in total. The van der Waals surface area contributed by atoms with Crippen LogP contribution in [0.2, 0.25) is 0 Å². The molecule has 0 spiro atoms. The molecule has 18 heavy (non-hydrogen) atoms. The molecule has 1 aromatic carbocycles. The second-order valence-electron chi connectivity index (χ2n) is 5.38. The van der Waals surface area contributed by atoms with Crippen LogP contribution in [0.15, 0.2) is 24.3 Å². The van der Waals surface area contributed by atoms with E-state index < -0.39 is 0 Å². The minimum absolute atomic E-state index is 0.610. The Labute approximate surface area is 111 Å². The predicted octanol–water partition coefficient (Wildman–Crippen LogP) is 2.78. The molecule has 1 fully saturated rings. The Bertz CT molecular complexity index is 339. The summed E-state index contributed by atoms with van der Waals surface area (Å²) in [6.45, 7) is 6.72. The Hall–Kier alpha value is -0.860. The first kappa shape index (κ1) is 13.6. The minimum atomic E-state index is 0.610. The smallest absolute Gasteiger partial charge is 0.00507 e. The van der Waals surface area contributed by atoms with Crippen LogP contribution in [0.5, 0.6) is 0 Å². The highest BCUT2D eigenvalue weighted by atomic mass is 15.1. The first-order chi connectivity index (χ1) is 8.83. The van der Waals surface area contributed by atoms with Crippen molar-refractivity contribution in [3.05, 3.63) is 35.4 Å². The summed E-state index contributed by atoms with van der Waals surface area (Å²) in [5, 5.41) is 0. The zero-order chi connectivity index (χ0) is 12.8. The Balaban J connectivity index is 2.02. The van der Waals surface area contributed by atoms with Crippen LogP contribution >= 0.6 is 0 Å². The van der Waals surface area contributed by atoms with Gasteiger partial charge in [0.1, 0.15) is 0 Å². The second-order valence-corrected chi connectivity index (χ2v) is 5.38. The molecule has 0 bridgehead atoms. The van der Waals surface area contributed by atoms with Gasteiger partial charge in [-0.2, -0.15) is 0 Å². The molecular weight excluding hydrogens is 220 g/mol. The van der Waals surface area contributed by atoms with Crippen molar-refractivity contribution in [1.29, 1.82) is 0 Å². The second kappa shape index (κ2) is 6.91. The van der Waals surface area contributed by atoms with Crippen LogP contribution < -0.4 is 5.73 Å². The molecule has 0 saturated carbocycles. The average molecular weight is 246 g/mol. The lowest BCUT2D eigenvalue weighted by atomic mass is 9.94. The van der Waals surface area contributed by atoms with E-state index in [0.29, 0.717) is 5.92 Å². The molecule has 0 aromatic heterocycles. The van der Waals surface area contributed by atoms with Crippen molar-refractivity contribution < 1.29 is 0 Å². The van der Waals surface area contributed by atoms with Gasteiger partial charge in [0.2, 0.25) is 0 Å². The van der Waals surface area contributed by atoms with Crippen LogP contribution in [-0.2, 0) is 6.42 Å². The molecule has 100 valence electrons. The zero-order valence-electron chi connectivity index (χ0n) is 11.6. The number of likely N-dealkylation sites (tertiary alicyclic amines) is 1. The normalized spacial score (nSPS) is 18.1. The number of hydrogen-bond donors (Lipinski definition) is 1. The van der Waals surface area contributed by atoms with Gasteiger partial charge in [0, 0.05) is 6.54 Å². The Kier molecular flexibility index (Phi) is 5.21. The Morgan fingerprint density at radius 2 is 1.83 bits per heavy atom. The van der Waals surface area contributed by atoms with E-state index in [1.54, 1.807) is 0 Å². The highest BCUT2D eigenvalue weighted by Gasteiger charge is 2.18. The number of rotatable bonds is 6. The predicted molar refractivity (Wildman–Crippen MR) is 77.9 cm³/mol. The van der Waals surface area contributed by atoms with Crippen molar-refractivity contribution in [3.8, 4) is 0 Å². The fourth-order valence-electron chi connectivity index (χ4n) is 2.87. The summed E-state index contributed by atoms with van der Waals surface area (Å²) in [6.07, 6.45) is 4.95. The van der Waals surface area contributed by atoms with Gasteiger partial charge in [-0.1, -0.05) is 31.2 Å². The van der Waals surface area contributed by atoms with Gasteiger partial charge in [0.05, 0.1) is 0 Å². The van der Waals surface area contributed by atoms with Gasteiger partial charge >= 0.3 is 0 Å². The molecule has 2 heteroatoms. The number of aryl methyl sites for hydroxylation is 1. The van der Waals surface area contributed by atoms with Crippen LogP contribution in [0, 0.1) is 0 Å². The van der Waals surface area contributed by atoms with E-state index in [4.69, 9.17) is 5.73 Å². The van der Waals surface area contributed by atoms with Gasteiger partial charge in [-0.15, -0.1) is 0 Å². The van der Waals surface area contributed by atoms with Crippen LogP contribution in [0.1, 0.15) is 43.2 Å². The van der Waals surface area contributed by atoms with E-state index in [0.717, 1.165) is 19.4 Å². The average Bonchev–Trinajstić information content (AvgIpc) is 2.91. The standard InChI is InChI=1S/C16H26N2/c1-2-14-5-7-15(8-6-14)16(9-10-17)13-18-11-3-4-12-18/h5-8,16H,2-4,9-13,17H2,1H3. The van der Waals surface area contributed by atoms with Gasteiger partial charge in [0.25, 0.3) is 0 Å². The van der Waals surface area contributed by atoms with Crippen molar-refractivity contribution >= 4 is 0 Å². The maximum Gasteiger partial charge on any atom is 0.00507 e. The first-order valence-electron chi connectivity index (χ1n) is 7.34. The van der Waals surface area contributed by atoms with E-state index in [1.807, 2.05) is 0 Å². The van der Waals surface area contributed by atoms with E-state index in [-0.39, 0.29) is 0 Å². The van der Waals surface area contributed by atoms with Gasteiger partial charge in [0.15, 0.2) is 0 Å². The molecule has 1 unspecified atom stereocenters. The largest absolute Gasteiger partial charge is 0.330 e. The summed E-state index contributed by atoms with van der Waals surface area (Å²) >= 11 is 0. The first-order valence-corrected chi connectivity index (χ1v) is 7.34. The Morgan fingerprint density at radius 1 is 1.17 bits per heavy atom. The van der Waals surface area contributed by atoms with Crippen molar-refractivity contribution in [1.82, 2.24) is 4.90 Å². The Morgan fingerprint density at radius 3 is 2.39 bits per heavy atom. The van der Waals surface area contributed by atoms with E-state index >= 15 is 0 Å². The number of nitrogens with two attached hydrogens (primary N) is 1. The summed E-state index contributed by atoms with van der Waals surface area (Å²) in [7, 11) is 0. The SMILES string of the molecule is CCc1ccc(C(CCN)CN2CCCC2)cc1. The molecule has 0 aliphatic carbocycles. The third kappa shape index (κ3) is 3.56. The molecule has 0 amide bonds. The van der Waals surface area contributed by atoms with Crippen LogP contribution in [0.3, 0.4) is 0 Å². The molecule has 1 aromatic rings. The summed E-state index contributed by atoms with van der Waals surface area (Å²) < 4.78 is 0. The lowest BCUT2D eigenvalue weighted by Gasteiger charge is -2.23. The summed E-state index contributed by atoms with van der Waals surface area (Å²) in [5.41, 5.74) is 8.66. The maximum atomic E-state index is 5.78.